The molecule has 0 amide bonds. The minimum Gasteiger partial charge on any atom is -0.295 e. The number of fused-ring (bicyclic) bond motifs is 1. The maximum absolute atomic E-state index is 4.69. The molecule has 3 nitrogen and oxygen atoms in total. The van der Waals surface area contributed by atoms with Crippen LogP contribution in [0.15, 0.2) is 71.8 Å². The molecular weight excluding hydrogens is 318 g/mol. The third kappa shape index (κ3) is 3.78. The fourth-order valence-corrected chi connectivity index (χ4v) is 3.56. The van der Waals surface area contributed by atoms with Crippen LogP contribution >= 0.6 is 0 Å². The summed E-state index contributed by atoms with van der Waals surface area (Å²) in [6.45, 7) is 7.20. The van der Waals surface area contributed by atoms with E-state index < -0.39 is 0 Å². The van der Waals surface area contributed by atoms with E-state index in [-0.39, 0.29) is 0 Å². The average Bonchev–Trinajstić information content (AvgIpc) is 2.69. The molecule has 0 atom stereocenters. The second-order valence-electron chi connectivity index (χ2n) is 6.97. The zero-order chi connectivity index (χ0) is 17.8. The Bertz CT molecular complexity index is 903. The van der Waals surface area contributed by atoms with Gasteiger partial charge in [0.15, 0.2) is 0 Å². The SMILES string of the molecule is Cc1ccccc1C=NN1CCN(Cc2cccc3ccccc23)CC1. The number of hydrogen-bond donors (Lipinski definition) is 0. The fraction of sp³-hybridized carbons (Fsp3) is 0.261. The van der Waals surface area contributed by atoms with Crippen molar-refractivity contribution in [2.45, 2.75) is 13.5 Å². The highest BCUT2D eigenvalue weighted by Crippen LogP contribution is 2.20. The van der Waals surface area contributed by atoms with Crippen molar-refractivity contribution in [3.63, 3.8) is 0 Å². The average molecular weight is 343 g/mol. The minimum absolute atomic E-state index is 0.979. The predicted octanol–water partition coefficient (Wildman–Crippen LogP) is 4.30. The van der Waals surface area contributed by atoms with E-state index in [0.29, 0.717) is 0 Å². The zero-order valence-corrected chi connectivity index (χ0v) is 15.3. The summed E-state index contributed by atoms with van der Waals surface area (Å²) in [5, 5.41) is 9.57. The number of rotatable bonds is 4. The Morgan fingerprint density at radius 2 is 1.58 bits per heavy atom. The van der Waals surface area contributed by atoms with Crippen LogP contribution in [0.2, 0.25) is 0 Å². The first-order valence-electron chi connectivity index (χ1n) is 9.33. The Hall–Kier alpha value is -2.65. The molecule has 3 aromatic carbocycles. The van der Waals surface area contributed by atoms with Crippen LogP contribution in [0.4, 0.5) is 0 Å². The Kier molecular flexibility index (Phi) is 4.98. The quantitative estimate of drug-likeness (QED) is 0.658. The van der Waals surface area contributed by atoms with Gasteiger partial charge in [-0.05, 0) is 34.4 Å². The maximum atomic E-state index is 4.69. The molecule has 0 aliphatic carbocycles. The molecule has 132 valence electrons. The van der Waals surface area contributed by atoms with Gasteiger partial charge in [-0.3, -0.25) is 9.91 Å². The number of hydrogen-bond acceptors (Lipinski definition) is 3. The molecule has 3 heteroatoms. The lowest BCUT2D eigenvalue weighted by Crippen LogP contribution is -2.43. The molecule has 3 aromatic rings. The number of aryl methyl sites for hydroxylation is 1. The molecule has 0 saturated carbocycles. The van der Waals surface area contributed by atoms with Crippen molar-refractivity contribution in [2.24, 2.45) is 5.10 Å². The predicted molar refractivity (Wildman–Crippen MR) is 110 cm³/mol. The largest absolute Gasteiger partial charge is 0.295 e. The lowest BCUT2D eigenvalue weighted by Gasteiger charge is -2.33. The van der Waals surface area contributed by atoms with Crippen molar-refractivity contribution in [3.05, 3.63) is 83.4 Å². The molecule has 0 aromatic heterocycles. The normalized spacial score (nSPS) is 15.8. The highest BCUT2D eigenvalue weighted by Gasteiger charge is 2.16. The van der Waals surface area contributed by atoms with Crippen molar-refractivity contribution in [2.75, 3.05) is 26.2 Å². The van der Waals surface area contributed by atoms with Crippen LogP contribution in [0.25, 0.3) is 10.8 Å². The van der Waals surface area contributed by atoms with Gasteiger partial charge < -0.3 is 0 Å². The smallest absolute Gasteiger partial charge is 0.0545 e. The number of benzene rings is 3. The van der Waals surface area contributed by atoms with Crippen LogP contribution in [0.3, 0.4) is 0 Å². The van der Waals surface area contributed by atoms with E-state index in [1.165, 1.54) is 27.5 Å². The molecule has 1 saturated heterocycles. The van der Waals surface area contributed by atoms with Gasteiger partial charge >= 0.3 is 0 Å². The van der Waals surface area contributed by atoms with E-state index in [4.69, 9.17) is 0 Å². The summed E-state index contributed by atoms with van der Waals surface area (Å²) in [6, 6.07) is 23.7. The molecule has 0 radical (unpaired) electrons. The van der Waals surface area contributed by atoms with E-state index in [9.17, 15) is 0 Å². The van der Waals surface area contributed by atoms with Gasteiger partial charge in [-0.1, -0.05) is 66.7 Å². The Morgan fingerprint density at radius 1 is 0.846 bits per heavy atom. The zero-order valence-electron chi connectivity index (χ0n) is 15.3. The molecular formula is C23H25N3. The monoisotopic (exact) mass is 343 g/mol. The molecule has 0 unspecified atom stereocenters. The third-order valence-corrected chi connectivity index (χ3v) is 5.17. The summed E-state index contributed by atoms with van der Waals surface area (Å²) in [6.07, 6.45) is 2.00. The summed E-state index contributed by atoms with van der Waals surface area (Å²) in [7, 11) is 0. The van der Waals surface area contributed by atoms with Gasteiger partial charge in [0.2, 0.25) is 0 Å². The first kappa shape index (κ1) is 16.8. The molecule has 1 heterocycles. The standard InChI is InChI=1S/C23H25N3/c1-19-7-2-3-9-21(19)17-24-26-15-13-25(14-16-26)18-22-11-6-10-20-8-4-5-12-23(20)22/h2-12,17H,13-16,18H2,1H3. The number of nitrogens with zero attached hydrogens (tertiary/aromatic N) is 3. The van der Waals surface area contributed by atoms with Crippen molar-refractivity contribution in [3.8, 4) is 0 Å². The van der Waals surface area contributed by atoms with Crippen LogP contribution in [0.5, 0.6) is 0 Å². The topological polar surface area (TPSA) is 18.8 Å². The Labute approximate surface area is 155 Å². The molecule has 0 spiro atoms. The van der Waals surface area contributed by atoms with Crippen molar-refractivity contribution in [1.82, 2.24) is 9.91 Å². The number of hydrazone groups is 1. The van der Waals surface area contributed by atoms with Gasteiger partial charge in [0.25, 0.3) is 0 Å². The van der Waals surface area contributed by atoms with E-state index in [2.05, 4.69) is 88.7 Å². The van der Waals surface area contributed by atoms with E-state index >= 15 is 0 Å². The minimum atomic E-state index is 0.979. The van der Waals surface area contributed by atoms with Gasteiger partial charge in [0.1, 0.15) is 0 Å². The van der Waals surface area contributed by atoms with E-state index in [0.717, 1.165) is 32.7 Å². The lowest BCUT2D eigenvalue weighted by molar-refractivity contribution is 0.131. The van der Waals surface area contributed by atoms with Crippen LogP contribution in [0, 0.1) is 6.92 Å². The highest BCUT2D eigenvalue weighted by atomic mass is 15.5. The Balaban J connectivity index is 1.37. The summed E-state index contributed by atoms with van der Waals surface area (Å²) in [4.78, 5) is 2.53. The van der Waals surface area contributed by atoms with Crippen LogP contribution in [0.1, 0.15) is 16.7 Å². The van der Waals surface area contributed by atoms with Crippen LogP contribution < -0.4 is 0 Å². The number of piperazine rings is 1. The summed E-state index contributed by atoms with van der Waals surface area (Å²) >= 11 is 0. The van der Waals surface area contributed by atoms with E-state index in [1.54, 1.807) is 0 Å². The molecule has 0 N–H and O–H groups in total. The molecule has 0 bridgehead atoms. The van der Waals surface area contributed by atoms with Gasteiger partial charge in [0, 0.05) is 32.7 Å². The lowest BCUT2D eigenvalue weighted by atomic mass is 10.0. The van der Waals surface area contributed by atoms with Crippen LogP contribution in [-0.4, -0.2) is 42.3 Å². The third-order valence-electron chi connectivity index (χ3n) is 5.17. The molecule has 1 aliphatic heterocycles. The van der Waals surface area contributed by atoms with Gasteiger partial charge in [-0.15, -0.1) is 0 Å². The van der Waals surface area contributed by atoms with Gasteiger partial charge in [0.05, 0.1) is 6.21 Å². The van der Waals surface area contributed by atoms with Crippen LogP contribution in [-0.2, 0) is 6.54 Å². The van der Waals surface area contributed by atoms with Crippen molar-refractivity contribution in [1.29, 1.82) is 0 Å². The second-order valence-corrected chi connectivity index (χ2v) is 6.97. The molecule has 26 heavy (non-hydrogen) atoms. The maximum Gasteiger partial charge on any atom is 0.0545 e. The summed E-state index contributed by atoms with van der Waals surface area (Å²) in [5.74, 6) is 0. The Morgan fingerprint density at radius 3 is 2.42 bits per heavy atom. The summed E-state index contributed by atoms with van der Waals surface area (Å²) < 4.78 is 0. The van der Waals surface area contributed by atoms with Gasteiger partial charge in [-0.2, -0.15) is 5.10 Å². The van der Waals surface area contributed by atoms with E-state index in [1.807, 2.05) is 6.21 Å². The van der Waals surface area contributed by atoms with Crippen molar-refractivity contribution < 1.29 is 0 Å². The second kappa shape index (κ2) is 7.71. The molecule has 1 fully saturated rings. The van der Waals surface area contributed by atoms with Gasteiger partial charge in [-0.25, -0.2) is 0 Å². The molecule has 4 rings (SSSR count). The first-order chi connectivity index (χ1) is 12.8. The van der Waals surface area contributed by atoms with Crippen molar-refractivity contribution >= 4 is 17.0 Å². The summed E-state index contributed by atoms with van der Waals surface area (Å²) in [5.41, 5.74) is 3.89. The molecule has 1 aliphatic rings. The fourth-order valence-electron chi connectivity index (χ4n) is 3.56. The highest BCUT2D eigenvalue weighted by molar-refractivity contribution is 5.85. The first-order valence-corrected chi connectivity index (χ1v) is 9.33.